The molecule has 1 unspecified atom stereocenters. The van der Waals surface area contributed by atoms with Gasteiger partial charge in [-0.05, 0) is 37.6 Å². The molecule has 26 heavy (non-hydrogen) atoms. The molecular weight excluding hydrogens is 331 g/mol. The van der Waals surface area contributed by atoms with Gasteiger partial charge >= 0.3 is 0 Å². The molecule has 1 atom stereocenters. The Kier molecular flexibility index (Phi) is 6.35. The summed E-state index contributed by atoms with van der Waals surface area (Å²) in [5.41, 5.74) is 1.03. The molecule has 7 heteroatoms. The topological polar surface area (TPSA) is 65.4 Å². The number of halogens is 1. The standard InChI is InChI=1S/C19H25FN6/c1-2-21-19(24-12-8-15-6-3-4-10-22-15)25-16-9-13-26(14-16)18-17(20)7-5-11-23-18/h3-7,10-11,16H,2,8-9,12-14H2,1H3,(H2,21,24,25). The van der Waals surface area contributed by atoms with Crippen molar-refractivity contribution in [3.05, 3.63) is 54.2 Å². The zero-order valence-electron chi connectivity index (χ0n) is 15.0. The third-order valence-corrected chi connectivity index (χ3v) is 4.28. The molecule has 0 radical (unpaired) electrons. The van der Waals surface area contributed by atoms with Crippen molar-refractivity contribution in [2.45, 2.75) is 25.8 Å². The van der Waals surface area contributed by atoms with Crippen molar-refractivity contribution in [3.8, 4) is 0 Å². The van der Waals surface area contributed by atoms with Crippen molar-refractivity contribution >= 4 is 11.8 Å². The average molecular weight is 356 g/mol. The number of rotatable bonds is 6. The summed E-state index contributed by atoms with van der Waals surface area (Å²) >= 11 is 0. The highest BCUT2D eigenvalue weighted by Gasteiger charge is 2.25. The molecule has 0 aromatic carbocycles. The lowest BCUT2D eigenvalue weighted by Gasteiger charge is -2.19. The SMILES string of the molecule is CCNC(=NCCc1ccccn1)NC1CCN(c2ncccc2F)C1. The Hall–Kier alpha value is -2.70. The van der Waals surface area contributed by atoms with Crippen molar-refractivity contribution in [1.82, 2.24) is 20.6 Å². The van der Waals surface area contributed by atoms with Crippen LogP contribution in [0.3, 0.4) is 0 Å². The summed E-state index contributed by atoms with van der Waals surface area (Å²) < 4.78 is 13.9. The Morgan fingerprint density at radius 1 is 1.27 bits per heavy atom. The number of hydrogen-bond donors (Lipinski definition) is 2. The highest BCUT2D eigenvalue weighted by Crippen LogP contribution is 2.20. The second-order valence-electron chi connectivity index (χ2n) is 6.22. The summed E-state index contributed by atoms with van der Waals surface area (Å²) in [4.78, 5) is 15.1. The van der Waals surface area contributed by atoms with E-state index in [1.807, 2.05) is 30.0 Å². The van der Waals surface area contributed by atoms with E-state index in [-0.39, 0.29) is 11.9 Å². The normalized spacial score (nSPS) is 17.4. The molecule has 0 bridgehead atoms. The number of aromatic nitrogens is 2. The van der Waals surface area contributed by atoms with Crippen LogP contribution in [-0.2, 0) is 6.42 Å². The first-order chi connectivity index (χ1) is 12.8. The van der Waals surface area contributed by atoms with Gasteiger partial charge in [0.15, 0.2) is 17.6 Å². The zero-order chi connectivity index (χ0) is 18.2. The minimum atomic E-state index is -0.274. The van der Waals surface area contributed by atoms with E-state index in [0.29, 0.717) is 18.9 Å². The number of anilines is 1. The van der Waals surface area contributed by atoms with Crippen LogP contribution in [-0.4, -0.2) is 48.1 Å². The monoisotopic (exact) mass is 356 g/mol. The fourth-order valence-corrected chi connectivity index (χ4v) is 3.02. The summed E-state index contributed by atoms with van der Waals surface area (Å²) in [6.45, 7) is 4.98. The minimum Gasteiger partial charge on any atom is -0.357 e. The molecule has 1 saturated heterocycles. The summed E-state index contributed by atoms with van der Waals surface area (Å²) in [5, 5.41) is 6.72. The maximum absolute atomic E-state index is 13.9. The first-order valence-electron chi connectivity index (χ1n) is 9.06. The fraction of sp³-hybridized carbons (Fsp3) is 0.421. The van der Waals surface area contributed by atoms with Crippen molar-refractivity contribution in [2.75, 3.05) is 31.1 Å². The Labute approximate surface area is 153 Å². The summed E-state index contributed by atoms with van der Waals surface area (Å²) in [7, 11) is 0. The lowest BCUT2D eigenvalue weighted by molar-refractivity contribution is 0.612. The Morgan fingerprint density at radius 3 is 2.92 bits per heavy atom. The van der Waals surface area contributed by atoms with Crippen molar-refractivity contribution in [2.24, 2.45) is 4.99 Å². The molecule has 1 aliphatic heterocycles. The van der Waals surface area contributed by atoms with E-state index < -0.39 is 0 Å². The van der Waals surface area contributed by atoms with Crippen LogP contribution in [0.2, 0.25) is 0 Å². The van der Waals surface area contributed by atoms with E-state index in [1.54, 1.807) is 18.5 Å². The van der Waals surface area contributed by atoms with Crippen LogP contribution in [0.1, 0.15) is 19.0 Å². The quantitative estimate of drug-likeness (QED) is 0.612. The van der Waals surface area contributed by atoms with Gasteiger partial charge in [-0.2, -0.15) is 0 Å². The van der Waals surface area contributed by atoms with Crippen LogP contribution in [0, 0.1) is 5.82 Å². The van der Waals surface area contributed by atoms with E-state index in [0.717, 1.165) is 37.6 Å². The maximum Gasteiger partial charge on any atom is 0.191 e. The third-order valence-electron chi connectivity index (χ3n) is 4.28. The van der Waals surface area contributed by atoms with Gasteiger partial charge in [0.05, 0.1) is 0 Å². The minimum absolute atomic E-state index is 0.212. The number of hydrogen-bond acceptors (Lipinski definition) is 4. The van der Waals surface area contributed by atoms with Gasteiger partial charge in [-0.1, -0.05) is 6.07 Å². The van der Waals surface area contributed by atoms with Gasteiger partial charge in [0.25, 0.3) is 0 Å². The smallest absolute Gasteiger partial charge is 0.191 e. The fourth-order valence-electron chi connectivity index (χ4n) is 3.02. The first kappa shape index (κ1) is 18.1. The van der Waals surface area contributed by atoms with Gasteiger partial charge < -0.3 is 15.5 Å². The number of nitrogens with zero attached hydrogens (tertiary/aromatic N) is 4. The van der Waals surface area contributed by atoms with Crippen molar-refractivity contribution < 1.29 is 4.39 Å². The molecule has 3 heterocycles. The zero-order valence-corrected chi connectivity index (χ0v) is 15.0. The van der Waals surface area contributed by atoms with Crippen molar-refractivity contribution in [3.63, 3.8) is 0 Å². The largest absolute Gasteiger partial charge is 0.357 e. The van der Waals surface area contributed by atoms with Crippen LogP contribution in [0.4, 0.5) is 10.2 Å². The maximum atomic E-state index is 13.9. The highest BCUT2D eigenvalue weighted by atomic mass is 19.1. The molecule has 6 nitrogen and oxygen atoms in total. The van der Waals surface area contributed by atoms with Gasteiger partial charge in [-0.25, -0.2) is 9.37 Å². The van der Waals surface area contributed by atoms with E-state index >= 15 is 0 Å². The molecule has 1 fully saturated rings. The van der Waals surface area contributed by atoms with Gasteiger partial charge in [0.1, 0.15) is 0 Å². The number of guanidine groups is 1. The molecule has 1 aliphatic rings. The Bertz CT molecular complexity index is 721. The van der Waals surface area contributed by atoms with E-state index in [4.69, 9.17) is 0 Å². The van der Waals surface area contributed by atoms with Crippen LogP contribution in [0.15, 0.2) is 47.7 Å². The van der Waals surface area contributed by atoms with Crippen molar-refractivity contribution in [1.29, 1.82) is 0 Å². The third kappa shape index (κ3) is 4.91. The van der Waals surface area contributed by atoms with Gasteiger partial charge in [-0.3, -0.25) is 9.98 Å². The molecule has 0 amide bonds. The predicted molar refractivity (Wildman–Crippen MR) is 102 cm³/mol. The van der Waals surface area contributed by atoms with Gasteiger partial charge in [0, 0.05) is 56.7 Å². The second-order valence-corrected chi connectivity index (χ2v) is 6.22. The molecule has 2 N–H and O–H groups in total. The molecule has 0 aliphatic carbocycles. The highest BCUT2D eigenvalue weighted by molar-refractivity contribution is 5.80. The lowest BCUT2D eigenvalue weighted by atomic mass is 10.2. The molecule has 138 valence electrons. The average Bonchev–Trinajstić information content (AvgIpc) is 3.11. The first-order valence-corrected chi connectivity index (χ1v) is 9.06. The van der Waals surface area contributed by atoms with E-state index in [2.05, 4.69) is 25.6 Å². The number of aliphatic imine (C=N–C) groups is 1. The summed E-state index contributed by atoms with van der Waals surface area (Å²) in [6, 6.07) is 9.18. The van der Waals surface area contributed by atoms with Gasteiger partial charge in [0.2, 0.25) is 0 Å². The van der Waals surface area contributed by atoms with E-state index in [1.165, 1.54) is 6.07 Å². The van der Waals surface area contributed by atoms with Crippen LogP contribution in [0.5, 0.6) is 0 Å². The molecule has 2 aromatic rings. The van der Waals surface area contributed by atoms with Crippen LogP contribution in [0.25, 0.3) is 0 Å². The molecular formula is C19H25FN6. The molecule has 3 rings (SSSR count). The molecule has 0 saturated carbocycles. The van der Waals surface area contributed by atoms with Crippen LogP contribution >= 0.6 is 0 Å². The van der Waals surface area contributed by atoms with E-state index in [9.17, 15) is 4.39 Å². The Morgan fingerprint density at radius 2 is 2.15 bits per heavy atom. The van der Waals surface area contributed by atoms with Gasteiger partial charge in [-0.15, -0.1) is 0 Å². The molecule has 2 aromatic heterocycles. The second kappa shape index (κ2) is 9.12. The summed E-state index contributed by atoms with van der Waals surface area (Å²) in [5.74, 6) is 0.940. The number of pyridine rings is 2. The summed E-state index contributed by atoms with van der Waals surface area (Å²) in [6.07, 6.45) is 5.14. The Balaban J connectivity index is 1.55. The predicted octanol–water partition coefficient (Wildman–Crippen LogP) is 1.99. The molecule has 0 spiro atoms. The van der Waals surface area contributed by atoms with Crippen LogP contribution < -0.4 is 15.5 Å². The number of nitrogens with one attached hydrogen (secondary N) is 2. The lowest BCUT2D eigenvalue weighted by Crippen LogP contribution is -2.44.